The molecule has 1 fully saturated rings. The maximum absolute atomic E-state index is 11.8. The van der Waals surface area contributed by atoms with Crippen LogP contribution in [0.2, 0.25) is 0 Å². The van der Waals surface area contributed by atoms with Crippen molar-refractivity contribution in [1.29, 1.82) is 0 Å². The molecule has 2 rings (SSSR count). The van der Waals surface area contributed by atoms with Crippen LogP contribution in [0.3, 0.4) is 0 Å². The predicted octanol–water partition coefficient (Wildman–Crippen LogP) is 1.26. The van der Waals surface area contributed by atoms with Gasteiger partial charge < -0.3 is 15.0 Å². The molecule has 1 saturated heterocycles. The first-order chi connectivity index (χ1) is 8.68. The quantitative estimate of drug-likeness (QED) is 0.600. The maximum atomic E-state index is 11.8. The van der Waals surface area contributed by atoms with Gasteiger partial charge in [-0.3, -0.25) is 0 Å². The van der Waals surface area contributed by atoms with Crippen molar-refractivity contribution >= 4 is 12.1 Å². The lowest BCUT2D eigenvalue weighted by molar-refractivity contribution is 0.0491. The topological polar surface area (TPSA) is 58.6 Å². The zero-order valence-corrected chi connectivity index (χ0v) is 10.3. The molecule has 1 aromatic carbocycles. The number of benzene rings is 1. The van der Waals surface area contributed by atoms with E-state index >= 15 is 0 Å². The van der Waals surface area contributed by atoms with E-state index in [-0.39, 0.29) is 6.04 Å². The highest BCUT2D eigenvalue weighted by Crippen LogP contribution is 2.08. The van der Waals surface area contributed by atoms with Crippen LogP contribution in [0.4, 0.5) is 4.79 Å². The standard InChI is InChI=1S/C13H16N2O3/c1-10-9-14-7-8-15(10)13(17)18-12(16)11-5-3-2-4-6-11/h2-6,10,14H,7-9H2,1H3. The zero-order chi connectivity index (χ0) is 13.0. The highest BCUT2D eigenvalue weighted by atomic mass is 16.6. The summed E-state index contributed by atoms with van der Waals surface area (Å²) in [7, 11) is 0. The Hall–Kier alpha value is -1.88. The molecule has 1 aliphatic heterocycles. The zero-order valence-electron chi connectivity index (χ0n) is 10.3. The molecule has 1 unspecified atom stereocenters. The minimum absolute atomic E-state index is 0.0369. The molecule has 0 bridgehead atoms. The highest BCUT2D eigenvalue weighted by molar-refractivity contribution is 5.96. The number of ether oxygens (including phenoxy) is 1. The van der Waals surface area contributed by atoms with Gasteiger partial charge in [-0.05, 0) is 19.1 Å². The van der Waals surface area contributed by atoms with E-state index in [1.165, 1.54) is 0 Å². The van der Waals surface area contributed by atoms with Crippen LogP contribution in [-0.2, 0) is 4.74 Å². The van der Waals surface area contributed by atoms with E-state index in [0.717, 1.165) is 6.54 Å². The van der Waals surface area contributed by atoms with Gasteiger partial charge in [0.2, 0.25) is 0 Å². The molecule has 0 aromatic heterocycles. The number of hydrogen-bond donors (Lipinski definition) is 1. The van der Waals surface area contributed by atoms with Gasteiger partial charge in [-0.25, -0.2) is 9.59 Å². The van der Waals surface area contributed by atoms with E-state index in [4.69, 9.17) is 4.74 Å². The van der Waals surface area contributed by atoms with Gasteiger partial charge in [0.1, 0.15) is 0 Å². The van der Waals surface area contributed by atoms with Crippen LogP contribution in [0.1, 0.15) is 17.3 Å². The molecule has 1 amide bonds. The fourth-order valence-corrected chi connectivity index (χ4v) is 1.88. The molecule has 5 nitrogen and oxygen atoms in total. The molecule has 1 heterocycles. The van der Waals surface area contributed by atoms with E-state index in [9.17, 15) is 9.59 Å². The third-order valence-corrected chi connectivity index (χ3v) is 2.93. The van der Waals surface area contributed by atoms with E-state index in [2.05, 4.69) is 5.32 Å². The second-order valence-corrected chi connectivity index (χ2v) is 4.27. The summed E-state index contributed by atoms with van der Waals surface area (Å²) in [5.41, 5.74) is 0.383. The Balaban J connectivity index is 1.97. The second kappa shape index (κ2) is 5.64. The van der Waals surface area contributed by atoms with E-state index < -0.39 is 12.1 Å². The van der Waals surface area contributed by atoms with Crippen LogP contribution >= 0.6 is 0 Å². The predicted molar refractivity (Wildman–Crippen MR) is 66.3 cm³/mol. The van der Waals surface area contributed by atoms with Crippen molar-refractivity contribution in [2.45, 2.75) is 13.0 Å². The van der Waals surface area contributed by atoms with Crippen molar-refractivity contribution in [2.24, 2.45) is 0 Å². The summed E-state index contributed by atoms with van der Waals surface area (Å²) >= 11 is 0. The van der Waals surface area contributed by atoms with Crippen LogP contribution in [0.5, 0.6) is 0 Å². The Bertz CT molecular complexity index is 433. The summed E-state index contributed by atoms with van der Waals surface area (Å²) < 4.78 is 4.87. The summed E-state index contributed by atoms with van der Waals surface area (Å²) in [5.74, 6) is -0.605. The molecule has 0 spiro atoms. The van der Waals surface area contributed by atoms with Gasteiger partial charge in [-0.1, -0.05) is 18.2 Å². The Morgan fingerprint density at radius 1 is 1.33 bits per heavy atom. The number of rotatable bonds is 1. The molecule has 1 aliphatic rings. The first-order valence-corrected chi connectivity index (χ1v) is 5.97. The Labute approximate surface area is 106 Å². The second-order valence-electron chi connectivity index (χ2n) is 4.27. The molecule has 0 aliphatic carbocycles. The number of carbonyl (C=O) groups is 2. The van der Waals surface area contributed by atoms with Gasteiger partial charge in [-0.15, -0.1) is 0 Å². The fraction of sp³-hybridized carbons (Fsp3) is 0.385. The van der Waals surface area contributed by atoms with Crippen molar-refractivity contribution < 1.29 is 14.3 Å². The lowest BCUT2D eigenvalue weighted by atomic mass is 10.2. The molecule has 0 radical (unpaired) electrons. The fourth-order valence-electron chi connectivity index (χ4n) is 1.88. The molecule has 1 N–H and O–H groups in total. The summed E-state index contributed by atoms with van der Waals surface area (Å²) in [6.07, 6.45) is -0.571. The maximum Gasteiger partial charge on any atom is 0.418 e. The minimum Gasteiger partial charge on any atom is -0.372 e. The van der Waals surface area contributed by atoms with Gasteiger partial charge in [0.05, 0.1) is 5.56 Å². The third-order valence-electron chi connectivity index (χ3n) is 2.93. The lowest BCUT2D eigenvalue weighted by Gasteiger charge is -2.32. The number of carbonyl (C=O) groups excluding carboxylic acids is 2. The number of nitrogens with zero attached hydrogens (tertiary/aromatic N) is 1. The molecule has 1 aromatic rings. The van der Waals surface area contributed by atoms with Gasteiger partial charge in [0.25, 0.3) is 0 Å². The molecular formula is C13H16N2O3. The smallest absolute Gasteiger partial charge is 0.372 e. The van der Waals surface area contributed by atoms with Crippen molar-refractivity contribution in [3.8, 4) is 0 Å². The number of amides is 1. The molecule has 5 heteroatoms. The Kier molecular flexibility index (Phi) is 3.94. The average molecular weight is 248 g/mol. The number of nitrogens with one attached hydrogen (secondary N) is 1. The van der Waals surface area contributed by atoms with Crippen molar-refractivity contribution in [3.05, 3.63) is 35.9 Å². The average Bonchev–Trinajstić information content (AvgIpc) is 2.40. The monoisotopic (exact) mass is 248 g/mol. The van der Waals surface area contributed by atoms with Gasteiger partial charge in [-0.2, -0.15) is 0 Å². The van der Waals surface area contributed by atoms with Gasteiger partial charge >= 0.3 is 12.1 Å². The molecule has 0 saturated carbocycles. The van der Waals surface area contributed by atoms with Gasteiger partial charge in [0, 0.05) is 25.7 Å². The molecule has 18 heavy (non-hydrogen) atoms. The number of esters is 1. The SMILES string of the molecule is CC1CNCCN1C(=O)OC(=O)c1ccccc1. The van der Waals surface area contributed by atoms with E-state index in [1.807, 2.05) is 6.92 Å². The summed E-state index contributed by atoms with van der Waals surface area (Å²) in [5, 5.41) is 3.17. The first kappa shape index (κ1) is 12.6. The summed E-state index contributed by atoms with van der Waals surface area (Å²) in [6.45, 7) is 3.91. The number of hydrogen-bond acceptors (Lipinski definition) is 4. The van der Waals surface area contributed by atoms with Crippen LogP contribution in [0, 0.1) is 0 Å². The van der Waals surface area contributed by atoms with Crippen LogP contribution in [0.15, 0.2) is 30.3 Å². The molecule has 1 atom stereocenters. The Morgan fingerprint density at radius 3 is 2.72 bits per heavy atom. The minimum atomic E-state index is -0.605. The Morgan fingerprint density at radius 2 is 2.06 bits per heavy atom. The van der Waals surface area contributed by atoms with Gasteiger partial charge in [0.15, 0.2) is 0 Å². The highest BCUT2D eigenvalue weighted by Gasteiger charge is 2.26. The number of piperazine rings is 1. The van der Waals surface area contributed by atoms with Crippen LogP contribution < -0.4 is 5.32 Å². The van der Waals surface area contributed by atoms with Crippen molar-refractivity contribution in [1.82, 2.24) is 10.2 Å². The van der Waals surface area contributed by atoms with E-state index in [0.29, 0.717) is 18.7 Å². The molecular weight excluding hydrogens is 232 g/mol. The first-order valence-electron chi connectivity index (χ1n) is 5.97. The normalized spacial score (nSPS) is 19.4. The van der Waals surface area contributed by atoms with Crippen LogP contribution in [-0.4, -0.2) is 42.6 Å². The summed E-state index contributed by atoms with van der Waals surface area (Å²) in [6, 6.07) is 8.54. The van der Waals surface area contributed by atoms with Crippen molar-refractivity contribution in [3.63, 3.8) is 0 Å². The van der Waals surface area contributed by atoms with E-state index in [1.54, 1.807) is 35.2 Å². The molecule has 96 valence electrons. The largest absolute Gasteiger partial charge is 0.418 e. The summed E-state index contributed by atoms with van der Waals surface area (Å²) in [4.78, 5) is 25.1. The third kappa shape index (κ3) is 2.87. The van der Waals surface area contributed by atoms with Crippen LogP contribution in [0.25, 0.3) is 0 Å². The van der Waals surface area contributed by atoms with Crippen molar-refractivity contribution in [2.75, 3.05) is 19.6 Å². The lowest BCUT2D eigenvalue weighted by Crippen LogP contribution is -2.52.